The van der Waals surface area contributed by atoms with Gasteiger partial charge in [0.25, 0.3) is 0 Å². The average Bonchev–Trinajstić information content (AvgIpc) is 2.81. The van der Waals surface area contributed by atoms with E-state index in [9.17, 15) is 14.7 Å². The first-order valence-corrected chi connectivity index (χ1v) is 7.46. The lowest BCUT2D eigenvalue weighted by Crippen LogP contribution is -2.43. The van der Waals surface area contributed by atoms with Crippen LogP contribution in [0.15, 0.2) is 18.5 Å². The molecule has 2 rings (SSSR count). The topological polar surface area (TPSA) is 89.0 Å². The number of aromatic nitrogens is 1. The molecule has 0 saturated carbocycles. The fourth-order valence-electron chi connectivity index (χ4n) is 2.42. The van der Waals surface area contributed by atoms with E-state index < -0.39 is 29.8 Å². The maximum atomic E-state index is 12.2. The van der Waals surface area contributed by atoms with Crippen molar-refractivity contribution in [2.75, 3.05) is 6.54 Å². The summed E-state index contributed by atoms with van der Waals surface area (Å²) in [5.74, 6) is -0.505. The van der Waals surface area contributed by atoms with Crippen molar-refractivity contribution in [3.8, 4) is 5.75 Å². The smallest absolute Gasteiger partial charge is 0.411 e. The Kier molecular flexibility index (Phi) is 4.82. The van der Waals surface area contributed by atoms with Gasteiger partial charge in [-0.2, -0.15) is 0 Å². The molecule has 1 aliphatic rings. The third-order valence-electron chi connectivity index (χ3n) is 3.33. The number of amides is 1. The number of carbonyl (C=O) groups excluding carboxylic acids is 1. The number of hydrogen-bond acceptors (Lipinski definition) is 5. The molecule has 0 spiro atoms. The van der Waals surface area contributed by atoms with E-state index in [1.165, 1.54) is 4.90 Å². The molecule has 2 atom stereocenters. The van der Waals surface area contributed by atoms with Gasteiger partial charge in [-0.1, -0.05) is 5.46 Å². The molecule has 1 fully saturated rings. The van der Waals surface area contributed by atoms with Gasteiger partial charge in [-0.3, -0.25) is 9.88 Å². The SMILES string of the molecule is Bc1cncc(O[C@@H]2CC(C(=O)O)N(C(=O)OC(C)(C)C)C2)c1. The molecule has 0 aliphatic carbocycles. The number of rotatable bonds is 3. The molecule has 2 heterocycles. The number of carboxylic acids is 1. The molecule has 0 aromatic carbocycles. The minimum atomic E-state index is -1.07. The first-order valence-electron chi connectivity index (χ1n) is 7.46. The number of aliphatic carboxylic acids is 1. The average molecular weight is 320 g/mol. The van der Waals surface area contributed by atoms with Gasteiger partial charge >= 0.3 is 12.1 Å². The number of hydrogen-bond donors (Lipinski definition) is 1. The van der Waals surface area contributed by atoms with E-state index in [2.05, 4.69) is 4.98 Å². The van der Waals surface area contributed by atoms with Crippen molar-refractivity contribution in [1.29, 1.82) is 0 Å². The fourth-order valence-corrected chi connectivity index (χ4v) is 2.42. The lowest BCUT2D eigenvalue weighted by molar-refractivity contribution is -0.142. The van der Waals surface area contributed by atoms with Crippen LogP contribution in [-0.2, 0) is 9.53 Å². The Morgan fingerprint density at radius 3 is 2.65 bits per heavy atom. The summed E-state index contributed by atoms with van der Waals surface area (Å²) in [6.07, 6.45) is 2.43. The highest BCUT2D eigenvalue weighted by atomic mass is 16.6. The first-order chi connectivity index (χ1) is 10.7. The summed E-state index contributed by atoms with van der Waals surface area (Å²) >= 11 is 0. The van der Waals surface area contributed by atoms with Crippen LogP contribution >= 0.6 is 0 Å². The summed E-state index contributed by atoms with van der Waals surface area (Å²) in [7, 11) is 1.89. The van der Waals surface area contributed by atoms with Crippen molar-refractivity contribution in [2.24, 2.45) is 0 Å². The largest absolute Gasteiger partial charge is 0.487 e. The Balaban J connectivity index is 2.08. The third kappa shape index (κ3) is 4.61. The molecule has 1 aliphatic heterocycles. The van der Waals surface area contributed by atoms with E-state index >= 15 is 0 Å². The van der Waals surface area contributed by atoms with Crippen LogP contribution in [0.5, 0.6) is 5.75 Å². The molecule has 1 saturated heterocycles. The lowest BCUT2D eigenvalue weighted by Gasteiger charge is -2.26. The molecule has 1 N–H and O–H groups in total. The van der Waals surface area contributed by atoms with Crippen molar-refractivity contribution >= 4 is 25.4 Å². The maximum absolute atomic E-state index is 12.2. The molecule has 1 aromatic heterocycles. The number of carbonyl (C=O) groups is 2. The van der Waals surface area contributed by atoms with Crippen LogP contribution in [0.25, 0.3) is 0 Å². The van der Waals surface area contributed by atoms with Gasteiger partial charge in [0.15, 0.2) is 0 Å². The Hall–Kier alpha value is -2.25. The third-order valence-corrected chi connectivity index (χ3v) is 3.33. The summed E-state index contributed by atoms with van der Waals surface area (Å²) in [4.78, 5) is 28.9. The second kappa shape index (κ2) is 6.48. The highest BCUT2D eigenvalue weighted by molar-refractivity contribution is 6.32. The molecule has 1 unspecified atom stereocenters. The highest BCUT2D eigenvalue weighted by Gasteiger charge is 2.42. The van der Waals surface area contributed by atoms with E-state index in [1.807, 2.05) is 13.9 Å². The first kappa shape index (κ1) is 17.1. The second-order valence-electron chi connectivity index (χ2n) is 6.66. The molecule has 1 aromatic rings. The number of pyridine rings is 1. The van der Waals surface area contributed by atoms with Crippen LogP contribution < -0.4 is 10.2 Å². The van der Waals surface area contributed by atoms with Crippen molar-refractivity contribution in [2.45, 2.75) is 44.9 Å². The van der Waals surface area contributed by atoms with Crippen molar-refractivity contribution < 1.29 is 24.2 Å². The number of likely N-dealkylation sites (tertiary alicyclic amines) is 1. The molecule has 7 nitrogen and oxygen atoms in total. The molecular weight excluding hydrogens is 299 g/mol. The Morgan fingerprint density at radius 1 is 1.39 bits per heavy atom. The van der Waals surface area contributed by atoms with Gasteiger partial charge < -0.3 is 14.6 Å². The van der Waals surface area contributed by atoms with E-state index in [1.54, 1.807) is 33.2 Å². The molecule has 0 radical (unpaired) electrons. The molecule has 0 bridgehead atoms. The van der Waals surface area contributed by atoms with Gasteiger partial charge in [0.2, 0.25) is 0 Å². The Morgan fingerprint density at radius 2 is 2.09 bits per heavy atom. The minimum Gasteiger partial charge on any atom is -0.487 e. The normalized spacial score (nSPS) is 21.1. The van der Waals surface area contributed by atoms with Crippen LogP contribution in [0.3, 0.4) is 0 Å². The summed E-state index contributed by atoms with van der Waals surface area (Å²) in [5, 5.41) is 9.34. The zero-order valence-electron chi connectivity index (χ0n) is 13.8. The number of ether oxygens (including phenoxy) is 2. The molecule has 124 valence electrons. The summed E-state index contributed by atoms with van der Waals surface area (Å²) < 4.78 is 11.0. The van der Waals surface area contributed by atoms with Crippen LogP contribution in [0, 0.1) is 0 Å². The van der Waals surface area contributed by atoms with Crippen molar-refractivity contribution in [3.05, 3.63) is 18.5 Å². The second-order valence-corrected chi connectivity index (χ2v) is 6.66. The summed E-state index contributed by atoms with van der Waals surface area (Å²) in [5.41, 5.74) is 0.263. The predicted octanol–water partition coefficient (Wildman–Crippen LogP) is 0.181. The van der Waals surface area contributed by atoms with Crippen molar-refractivity contribution in [3.63, 3.8) is 0 Å². The summed E-state index contributed by atoms with van der Waals surface area (Å²) in [6.45, 7) is 5.38. The molecule has 1 amide bonds. The van der Waals surface area contributed by atoms with Crippen LogP contribution in [0.1, 0.15) is 27.2 Å². The van der Waals surface area contributed by atoms with E-state index in [4.69, 9.17) is 9.47 Å². The standard InChI is InChI=1S/C15H21BN2O5/c1-15(2,3)23-14(21)18-8-11(5-12(18)13(19)20)22-10-4-9(16)6-17-7-10/h4,6-7,11-12H,5,8,16H2,1-3H3,(H,19,20)/t11-,12?/m1/s1. The van der Waals surface area contributed by atoms with Gasteiger partial charge in [0.05, 0.1) is 12.7 Å². The van der Waals surface area contributed by atoms with E-state index in [0.717, 1.165) is 5.46 Å². The Labute approximate surface area is 136 Å². The Bertz CT molecular complexity index is 602. The van der Waals surface area contributed by atoms with Gasteiger partial charge in [-0.15, -0.1) is 0 Å². The quantitative estimate of drug-likeness (QED) is 0.799. The van der Waals surface area contributed by atoms with Gasteiger partial charge in [0.1, 0.15) is 31.3 Å². The van der Waals surface area contributed by atoms with Crippen molar-refractivity contribution in [1.82, 2.24) is 9.88 Å². The zero-order chi connectivity index (χ0) is 17.2. The summed E-state index contributed by atoms with van der Waals surface area (Å²) in [6, 6.07) is 0.867. The van der Waals surface area contributed by atoms with Gasteiger partial charge in [-0.25, -0.2) is 9.59 Å². The van der Waals surface area contributed by atoms with Crippen LogP contribution in [0.2, 0.25) is 0 Å². The monoisotopic (exact) mass is 320 g/mol. The highest BCUT2D eigenvalue weighted by Crippen LogP contribution is 2.24. The van der Waals surface area contributed by atoms with E-state index in [-0.39, 0.29) is 13.0 Å². The van der Waals surface area contributed by atoms with Crippen LogP contribution in [-0.4, -0.2) is 59.2 Å². The maximum Gasteiger partial charge on any atom is 0.411 e. The number of nitrogens with zero attached hydrogens (tertiary/aromatic N) is 2. The molecule has 8 heteroatoms. The lowest BCUT2D eigenvalue weighted by atomic mass is 9.99. The fraction of sp³-hybridized carbons (Fsp3) is 0.533. The zero-order valence-corrected chi connectivity index (χ0v) is 13.8. The van der Waals surface area contributed by atoms with Gasteiger partial charge in [-0.05, 0) is 26.8 Å². The molecule has 23 heavy (non-hydrogen) atoms. The number of carboxylic acid groups (broad SMARTS) is 1. The predicted molar refractivity (Wildman–Crippen MR) is 85.8 cm³/mol. The molecular formula is C15H21BN2O5. The van der Waals surface area contributed by atoms with E-state index in [0.29, 0.717) is 5.75 Å². The minimum absolute atomic E-state index is 0.166. The van der Waals surface area contributed by atoms with Crippen LogP contribution in [0.4, 0.5) is 4.79 Å². The van der Waals surface area contributed by atoms with Gasteiger partial charge in [0, 0.05) is 12.6 Å².